The van der Waals surface area contributed by atoms with E-state index in [0.717, 1.165) is 5.56 Å². The van der Waals surface area contributed by atoms with Crippen LogP contribution in [0.3, 0.4) is 0 Å². The van der Waals surface area contributed by atoms with Gasteiger partial charge in [0.2, 0.25) is 5.95 Å². The molecule has 1 atom stereocenters. The van der Waals surface area contributed by atoms with Crippen LogP contribution < -0.4 is 5.32 Å². The number of fused-ring (bicyclic) bond motifs is 1. The summed E-state index contributed by atoms with van der Waals surface area (Å²) in [5, 5.41) is 7.42. The highest BCUT2D eigenvalue weighted by Gasteiger charge is 2.36. The molecule has 3 aromatic rings. The highest BCUT2D eigenvalue weighted by molar-refractivity contribution is 6.02. The van der Waals surface area contributed by atoms with Crippen molar-refractivity contribution in [3.8, 4) is 0 Å². The van der Waals surface area contributed by atoms with Crippen molar-refractivity contribution in [1.29, 1.82) is 0 Å². The Labute approximate surface area is 155 Å². The molecular weight excluding hydrogens is 347 g/mol. The van der Waals surface area contributed by atoms with Gasteiger partial charge in [0.1, 0.15) is 18.2 Å². The van der Waals surface area contributed by atoms with E-state index in [4.69, 9.17) is 4.74 Å². The molecule has 0 radical (unpaired) electrons. The summed E-state index contributed by atoms with van der Waals surface area (Å²) < 4.78 is 20.8. The molecule has 2 heterocycles. The minimum atomic E-state index is -0.659. The maximum absolute atomic E-state index is 13.9. The lowest BCUT2D eigenvalue weighted by atomic mass is 9.93. The van der Waals surface area contributed by atoms with Crippen molar-refractivity contribution in [2.75, 3.05) is 11.9 Å². The lowest BCUT2D eigenvalue weighted by Gasteiger charge is -2.29. The van der Waals surface area contributed by atoms with Crippen molar-refractivity contribution in [1.82, 2.24) is 14.8 Å². The number of carbonyl (C=O) groups is 1. The van der Waals surface area contributed by atoms with Crippen molar-refractivity contribution in [3.05, 3.63) is 83.4 Å². The van der Waals surface area contributed by atoms with E-state index in [1.165, 1.54) is 18.5 Å². The maximum atomic E-state index is 13.9. The number of benzene rings is 2. The fourth-order valence-corrected chi connectivity index (χ4v) is 3.21. The summed E-state index contributed by atoms with van der Waals surface area (Å²) in [6, 6.07) is 14.9. The lowest BCUT2D eigenvalue weighted by Crippen LogP contribution is -2.30. The van der Waals surface area contributed by atoms with Gasteiger partial charge in [-0.1, -0.05) is 42.5 Å². The third-order valence-corrected chi connectivity index (χ3v) is 4.32. The first kappa shape index (κ1) is 17.0. The second kappa shape index (κ2) is 7.03. The van der Waals surface area contributed by atoms with Gasteiger partial charge in [0.25, 0.3) is 0 Å². The Bertz CT molecular complexity index is 1010. The van der Waals surface area contributed by atoms with Crippen LogP contribution in [0.25, 0.3) is 5.70 Å². The highest BCUT2D eigenvalue weighted by Crippen LogP contribution is 2.38. The van der Waals surface area contributed by atoms with E-state index in [-0.39, 0.29) is 6.61 Å². The topological polar surface area (TPSA) is 69.0 Å². The third kappa shape index (κ3) is 3.08. The van der Waals surface area contributed by atoms with Crippen LogP contribution in [0.5, 0.6) is 0 Å². The molecule has 4 rings (SSSR count). The molecule has 0 fully saturated rings. The molecule has 1 aromatic heterocycles. The zero-order valence-electron chi connectivity index (χ0n) is 14.6. The molecule has 7 heteroatoms. The zero-order valence-corrected chi connectivity index (χ0v) is 14.6. The highest BCUT2D eigenvalue weighted by atomic mass is 19.1. The molecule has 0 saturated heterocycles. The summed E-state index contributed by atoms with van der Waals surface area (Å²) in [5.41, 5.74) is 2.31. The first-order chi connectivity index (χ1) is 13.2. The number of nitrogens with zero attached hydrogens (tertiary/aromatic N) is 3. The van der Waals surface area contributed by atoms with E-state index in [2.05, 4.69) is 15.4 Å². The van der Waals surface area contributed by atoms with Crippen molar-refractivity contribution >= 4 is 17.6 Å². The number of esters is 1. The predicted octanol–water partition coefficient (Wildman–Crippen LogP) is 3.41. The number of aromatic nitrogens is 3. The molecule has 1 aliphatic heterocycles. The Hall–Kier alpha value is -3.48. The SMILES string of the molecule is CCOC(=O)C1=C(c2ccccc2)Nc2ncnn2[C@@H]1c1cccc(F)c1. The Balaban J connectivity index is 1.97. The normalized spacial score (nSPS) is 15.9. The average molecular weight is 364 g/mol. The second-order valence-corrected chi connectivity index (χ2v) is 5.99. The van der Waals surface area contributed by atoms with Gasteiger partial charge in [-0.25, -0.2) is 13.9 Å². The number of halogens is 1. The van der Waals surface area contributed by atoms with Crippen LogP contribution in [0.15, 0.2) is 66.5 Å². The van der Waals surface area contributed by atoms with Gasteiger partial charge in [0.05, 0.1) is 17.9 Å². The minimum absolute atomic E-state index is 0.227. The molecule has 6 nitrogen and oxygen atoms in total. The average Bonchev–Trinajstić information content (AvgIpc) is 3.15. The molecule has 27 heavy (non-hydrogen) atoms. The van der Waals surface area contributed by atoms with E-state index in [0.29, 0.717) is 22.8 Å². The molecule has 1 aliphatic rings. The van der Waals surface area contributed by atoms with Crippen molar-refractivity contribution < 1.29 is 13.9 Å². The van der Waals surface area contributed by atoms with Gasteiger partial charge in [-0.3, -0.25) is 0 Å². The molecule has 0 aliphatic carbocycles. The maximum Gasteiger partial charge on any atom is 0.338 e. The summed E-state index contributed by atoms with van der Waals surface area (Å²) in [4.78, 5) is 17.1. The Morgan fingerprint density at radius 2 is 2.04 bits per heavy atom. The largest absolute Gasteiger partial charge is 0.463 e. The molecule has 2 aromatic carbocycles. The van der Waals surface area contributed by atoms with Crippen LogP contribution in [0, 0.1) is 5.82 Å². The first-order valence-corrected chi connectivity index (χ1v) is 8.57. The number of carbonyl (C=O) groups excluding carboxylic acids is 1. The Morgan fingerprint density at radius 1 is 1.22 bits per heavy atom. The van der Waals surface area contributed by atoms with Gasteiger partial charge in [-0.2, -0.15) is 10.1 Å². The number of anilines is 1. The Morgan fingerprint density at radius 3 is 2.78 bits per heavy atom. The minimum Gasteiger partial charge on any atom is -0.463 e. The van der Waals surface area contributed by atoms with Gasteiger partial charge in [-0.05, 0) is 30.2 Å². The van der Waals surface area contributed by atoms with Gasteiger partial charge < -0.3 is 10.1 Å². The molecule has 0 spiro atoms. The van der Waals surface area contributed by atoms with Gasteiger partial charge in [-0.15, -0.1) is 0 Å². The van der Waals surface area contributed by atoms with Gasteiger partial charge in [0.15, 0.2) is 0 Å². The van der Waals surface area contributed by atoms with Crippen LogP contribution in [-0.4, -0.2) is 27.3 Å². The van der Waals surface area contributed by atoms with E-state index in [9.17, 15) is 9.18 Å². The lowest BCUT2D eigenvalue weighted by molar-refractivity contribution is -0.138. The van der Waals surface area contributed by atoms with Crippen molar-refractivity contribution in [3.63, 3.8) is 0 Å². The molecule has 0 amide bonds. The monoisotopic (exact) mass is 364 g/mol. The fourth-order valence-electron chi connectivity index (χ4n) is 3.21. The van der Waals surface area contributed by atoms with Crippen LogP contribution in [-0.2, 0) is 9.53 Å². The van der Waals surface area contributed by atoms with E-state index in [1.54, 1.807) is 23.7 Å². The summed E-state index contributed by atoms with van der Waals surface area (Å²) in [7, 11) is 0. The zero-order chi connectivity index (χ0) is 18.8. The predicted molar refractivity (Wildman–Crippen MR) is 98.2 cm³/mol. The smallest absolute Gasteiger partial charge is 0.338 e. The molecule has 0 saturated carbocycles. The summed E-state index contributed by atoms with van der Waals surface area (Å²) >= 11 is 0. The van der Waals surface area contributed by atoms with Crippen LogP contribution in [0.1, 0.15) is 24.1 Å². The third-order valence-electron chi connectivity index (χ3n) is 4.32. The fraction of sp³-hybridized carbons (Fsp3) is 0.150. The summed E-state index contributed by atoms with van der Waals surface area (Å²) in [6.45, 7) is 1.97. The van der Waals surface area contributed by atoms with Crippen molar-refractivity contribution in [2.45, 2.75) is 13.0 Å². The number of nitrogens with one attached hydrogen (secondary N) is 1. The van der Waals surface area contributed by atoms with Gasteiger partial charge >= 0.3 is 5.97 Å². The first-order valence-electron chi connectivity index (χ1n) is 8.57. The van der Waals surface area contributed by atoms with Gasteiger partial charge in [0, 0.05) is 0 Å². The molecule has 0 bridgehead atoms. The molecular formula is C20H17FN4O2. The molecule has 1 N–H and O–H groups in total. The van der Waals surface area contributed by atoms with Crippen LogP contribution >= 0.6 is 0 Å². The second-order valence-electron chi connectivity index (χ2n) is 5.99. The molecule has 136 valence electrons. The van der Waals surface area contributed by atoms with Crippen LogP contribution in [0.4, 0.5) is 10.3 Å². The van der Waals surface area contributed by atoms with Crippen LogP contribution in [0.2, 0.25) is 0 Å². The van der Waals surface area contributed by atoms with E-state index >= 15 is 0 Å². The van der Waals surface area contributed by atoms with Crippen molar-refractivity contribution in [2.24, 2.45) is 0 Å². The number of hydrogen-bond donors (Lipinski definition) is 1. The summed E-state index contributed by atoms with van der Waals surface area (Å²) in [6.07, 6.45) is 1.39. The number of ether oxygens (including phenoxy) is 1. The quantitative estimate of drug-likeness (QED) is 0.719. The van der Waals surface area contributed by atoms with E-state index < -0.39 is 17.8 Å². The number of hydrogen-bond acceptors (Lipinski definition) is 5. The number of rotatable bonds is 4. The van der Waals surface area contributed by atoms with E-state index in [1.807, 2.05) is 30.3 Å². The standard InChI is InChI=1S/C20H17FN4O2/c1-2-27-19(26)16-17(13-7-4-3-5-8-13)24-20-22-12-23-25(20)18(16)14-9-6-10-15(21)11-14/h3-12,18H,2H2,1H3,(H,22,23,24)/t18-/m1/s1. The Kier molecular flexibility index (Phi) is 4.42. The summed E-state index contributed by atoms with van der Waals surface area (Å²) in [5.74, 6) is -0.410. The molecule has 0 unspecified atom stereocenters.